The Bertz CT molecular complexity index is 827. The molecule has 2 atom stereocenters. The standard InChI is InChI=1S/C18H25N5O3/c1-11(2)14-20-17(26-21-14)18-7-5-6-12(18)9-23(10-18)15(24)13-8-19-22(3)16(13)25-4/h8,11-12H,5-7,9-10H2,1-4H3/t12-,18-/m0/s1. The second-order valence-corrected chi connectivity index (χ2v) is 7.73. The van der Waals surface area contributed by atoms with Crippen LogP contribution in [-0.2, 0) is 12.5 Å². The molecular formula is C18H25N5O3. The number of aromatic nitrogens is 4. The molecule has 0 N–H and O–H groups in total. The van der Waals surface area contributed by atoms with Crippen molar-refractivity contribution in [1.82, 2.24) is 24.8 Å². The van der Waals surface area contributed by atoms with Crippen LogP contribution in [0.2, 0.25) is 0 Å². The number of likely N-dealkylation sites (tertiary alicyclic amines) is 1. The predicted octanol–water partition coefficient (Wildman–Crippen LogP) is 2.13. The zero-order chi connectivity index (χ0) is 18.5. The van der Waals surface area contributed by atoms with E-state index in [2.05, 4.69) is 29.1 Å². The Labute approximate surface area is 152 Å². The molecule has 26 heavy (non-hydrogen) atoms. The Hall–Kier alpha value is -2.38. The van der Waals surface area contributed by atoms with E-state index in [4.69, 9.17) is 9.26 Å². The minimum absolute atomic E-state index is 0.0488. The first kappa shape index (κ1) is 17.1. The van der Waals surface area contributed by atoms with Crippen LogP contribution in [0.4, 0.5) is 0 Å². The normalized spacial score (nSPS) is 25.1. The summed E-state index contributed by atoms with van der Waals surface area (Å²) in [5, 5.41) is 8.30. The maximum absolute atomic E-state index is 13.1. The Balaban J connectivity index is 1.63. The van der Waals surface area contributed by atoms with Crippen LogP contribution in [0.3, 0.4) is 0 Å². The number of hydrogen-bond donors (Lipinski definition) is 0. The smallest absolute Gasteiger partial charge is 0.261 e. The molecule has 140 valence electrons. The van der Waals surface area contributed by atoms with Gasteiger partial charge in [0, 0.05) is 26.1 Å². The minimum Gasteiger partial charge on any atom is -0.481 e. The molecule has 0 spiro atoms. The molecule has 1 aliphatic heterocycles. The van der Waals surface area contributed by atoms with Gasteiger partial charge in [-0.05, 0) is 18.8 Å². The van der Waals surface area contributed by atoms with Crippen molar-refractivity contribution in [3.8, 4) is 5.88 Å². The zero-order valence-electron chi connectivity index (χ0n) is 15.7. The van der Waals surface area contributed by atoms with Gasteiger partial charge in [0.05, 0.1) is 18.7 Å². The van der Waals surface area contributed by atoms with Gasteiger partial charge in [-0.25, -0.2) is 4.68 Å². The van der Waals surface area contributed by atoms with Gasteiger partial charge in [-0.15, -0.1) is 0 Å². The van der Waals surface area contributed by atoms with Crippen LogP contribution in [0.5, 0.6) is 5.88 Å². The minimum atomic E-state index is -0.217. The third-order valence-electron chi connectivity index (χ3n) is 5.85. The van der Waals surface area contributed by atoms with Crippen molar-refractivity contribution in [2.75, 3.05) is 20.2 Å². The van der Waals surface area contributed by atoms with E-state index in [0.29, 0.717) is 36.3 Å². The summed E-state index contributed by atoms with van der Waals surface area (Å²) in [5.41, 5.74) is 0.282. The topological polar surface area (TPSA) is 86.3 Å². The fraction of sp³-hybridized carbons (Fsp3) is 0.667. The van der Waals surface area contributed by atoms with Crippen LogP contribution >= 0.6 is 0 Å². The summed E-state index contributed by atoms with van der Waals surface area (Å²) in [6.45, 7) is 5.42. The van der Waals surface area contributed by atoms with Crippen LogP contribution in [0, 0.1) is 5.92 Å². The number of rotatable bonds is 4. The van der Waals surface area contributed by atoms with Crippen LogP contribution in [0.25, 0.3) is 0 Å². The van der Waals surface area contributed by atoms with Crippen molar-refractivity contribution in [2.24, 2.45) is 13.0 Å². The summed E-state index contributed by atoms with van der Waals surface area (Å²) < 4.78 is 12.6. The summed E-state index contributed by atoms with van der Waals surface area (Å²) in [7, 11) is 3.32. The number of carbonyl (C=O) groups excluding carboxylic acids is 1. The largest absolute Gasteiger partial charge is 0.481 e. The average molecular weight is 359 g/mol. The van der Waals surface area contributed by atoms with Gasteiger partial charge in [-0.1, -0.05) is 25.4 Å². The van der Waals surface area contributed by atoms with E-state index in [1.807, 2.05) is 4.90 Å². The molecule has 8 heteroatoms. The number of hydrogen-bond acceptors (Lipinski definition) is 6. The molecule has 2 aromatic heterocycles. The Kier molecular flexibility index (Phi) is 4.00. The van der Waals surface area contributed by atoms with Crippen molar-refractivity contribution in [1.29, 1.82) is 0 Å². The molecule has 1 aliphatic carbocycles. The average Bonchev–Trinajstić information content (AvgIpc) is 3.35. The van der Waals surface area contributed by atoms with E-state index in [0.717, 1.165) is 25.1 Å². The molecule has 2 fully saturated rings. The lowest BCUT2D eigenvalue weighted by Gasteiger charge is -2.24. The van der Waals surface area contributed by atoms with Crippen molar-refractivity contribution in [3.05, 3.63) is 23.5 Å². The van der Waals surface area contributed by atoms with Gasteiger partial charge >= 0.3 is 0 Å². The number of ether oxygens (including phenoxy) is 1. The highest BCUT2D eigenvalue weighted by molar-refractivity contribution is 5.96. The predicted molar refractivity (Wildman–Crippen MR) is 93.1 cm³/mol. The molecule has 8 nitrogen and oxygen atoms in total. The van der Waals surface area contributed by atoms with E-state index in [9.17, 15) is 4.79 Å². The molecule has 1 saturated carbocycles. The molecule has 0 aromatic carbocycles. The Morgan fingerprint density at radius 1 is 1.46 bits per heavy atom. The van der Waals surface area contributed by atoms with Gasteiger partial charge in [-0.2, -0.15) is 10.1 Å². The lowest BCUT2D eigenvalue weighted by molar-refractivity contribution is 0.0771. The van der Waals surface area contributed by atoms with Gasteiger partial charge in [0.2, 0.25) is 11.8 Å². The lowest BCUT2D eigenvalue weighted by Crippen LogP contribution is -2.35. The Morgan fingerprint density at radius 3 is 2.96 bits per heavy atom. The molecule has 3 heterocycles. The summed E-state index contributed by atoms with van der Waals surface area (Å²) >= 11 is 0. The van der Waals surface area contributed by atoms with Gasteiger partial charge < -0.3 is 14.2 Å². The molecule has 2 aliphatic rings. The van der Waals surface area contributed by atoms with Gasteiger partial charge in [0.25, 0.3) is 5.91 Å². The molecule has 1 amide bonds. The molecular weight excluding hydrogens is 334 g/mol. The maximum Gasteiger partial charge on any atom is 0.261 e. The molecule has 0 bridgehead atoms. The number of nitrogens with zero attached hydrogens (tertiary/aromatic N) is 5. The molecule has 0 radical (unpaired) electrons. The first-order valence-corrected chi connectivity index (χ1v) is 9.15. The second kappa shape index (κ2) is 6.10. The first-order chi connectivity index (χ1) is 12.5. The van der Waals surface area contributed by atoms with E-state index in [1.165, 1.54) is 0 Å². The monoisotopic (exact) mass is 359 g/mol. The zero-order valence-corrected chi connectivity index (χ0v) is 15.7. The quantitative estimate of drug-likeness (QED) is 0.831. The number of aryl methyl sites for hydroxylation is 1. The van der Waals surface area contributed by atoms with Crippen LogP contribution < -0.4 is 4.74 Å². The van der Waals surface area contributed by atoms with Crippen LogP contribution in [-0.4, -0.2) is 50.9 Å². The van der Waals surface area contributed by atoms with Crippen molar-refractivity contribution >= 4 is 5.91 Å². The highest BCUT2D eigenvalue weighted by Gasteiger charge is 2.55. The van der Waals surface area contributed by atoms with Gasteiger partial charge in [0.15, 0.2) is 5.82 Å². The Morgan fingerprint density at radius 2 is 2.27 bits per heavy atom. The maximum atomic E-state index is 13.1. The third-order valence-corrected chi connectivity index (χ3v) is 5.85. The molecule has 0 unspecified atom stereocenters. The number of carbonyl (C=O) groups is 1. The molecule has 2 aromatic rings. The van der Waals surface area contributed by atoms with E-state index >= 15 is 0 Å². The number of amides is 1. The van der Waals surface area contributed by atoms with Gasteiger partial charge in [0.1, 0.15) is 5.56 Å². The van der Waals surface area contributed by atoms with Crippen LogP contribution in [0.1, 0.15) is 61.1 Å². The molecule has 4 rings (SSSR count). The highest BCUT2D eigenvalue weighted by Crippen LogP contribution is 2.50. The van der Waals surface area contributed by atoms with E-state index in [-0.39, 0.29) is 17.2 Å². The van der Waals surface area contributed by atoms with Crippen molar-refractivity contribution < 1.29 is 14.1 Å². The number of fused-ring (bicyclic) bond motifs is 1. The van der Waals surface area contributed by atoms with Crippen molar-refractivity contribution in [3.63, 3.8) is 0 Å². The van der Waals surface area contributed by atoms with Crippen molar-refractivity contribution in [2.45, 2.75) is 44.4 Å². The highest BCUT2D eigenvalue weighted by atomic mass is 16.5. The fourth-order valence-corrected chi connectivity index (χ4v) is 4.45. The summed E-state index contributed by atoms with van der Waals surface area (Å²) in [4.78, 5) is 19.6. The fourth-order valence-electron chi connectivity index (χ4n) is 4.45. The first-order valence-electron chi connectivity index (χ1n) is 9.15. The summed E-state index contributed by atoms with van der Waals surface area (Å²) in [6, 6.07) is 0. The SMILES string of the molecule is COc1c(C(=O)N2C[C@@H]3CCC[C@]3(c3nc(C(C)C)no3)C2)cnn1C. The van der Waals surface area contributed by atoms with Gasteiger partial charge in [-0.3, -0.25) is 4.79 Å². The lowest BCUT2D eigenvalue weighted by atomic mass is 9.80. The van der Waals surface area contributed by atoms with E-state index < -0.39 is 0 Å². The summed E-state index contributed by atoms with van der Waals surface area (Å²) in [5.74, 6) is 2.45. The second-order valence-electron chi connectivity index (χ2n) is 7.73. The third kappa shape index (κ3) is 2.42. The van der Waals surface area contributed by atoms with E-state index in [1.54, 1.807) is 25.0 Å². The summed E-state index contributed by atoms with van der Waals surface area (Å²) in [6.07, 6.45) is 4.76. The number of methoxy groups -OCH3 is 1. The molecule has 1 saturated heterocycles. The van der Waals surface area contributed by atoms with Crippen LogP contribution in [0.15, 0.2) is 10.7 Å².